The van der Waals surface area contributed by atoms with E-state index < -0.39 is 0 Å². The lowest BCUT2D eigenvalue weighted by atomic mass is 10.0. The van der Waals surface area contributed by atoms with Crippen LogP contribution >= 0.6 is 0 Å². The number of rotatable bonds is 9. The van der Waals surface area contributed by atoms with Gasteiger partial charge in [-0.2, -0.15) is 0 Å². The molecule has 1 aliphatic rings. The molecule has 0 saturated carbocycles. The topological polar surface area (TPSA) is 58.6 Å². The molecule has 1 fully saturated rings. The zero-order valence-electron chi connectivity index (χ0n) is 17.1. The molecule has 0 bridgehead atoms. The van der Waals surface area contributed by atoms with Crippen molar-refractivity contribution in [3.63, 3.8) is 0 Å². The number of aryl methyl sites for hydroxylation is 1. The summed E-state index contributed by atoms with van der Waals surface area (Å²) in [4.78, 5) is 26.9. The summed E-state index contributed by atoms with van der Waals surface area (Å²) in [5, 5.41) is 3.07. The van der Waals surface area contributed by atoms with E-state index in [0.717, 1.165) is 26.3 Å². The van der Waals surface area contributed by atoms with Gasteiger partial charge in [0.25, 0.3) is 0 Å². The number of benzene rings is 2. The van der Waals surface area contributed by atoms with Gasteiger partial charge in [-0.3, -0.25) is 14.5 Å². The van der Waals surface area contributed by atoms with Crippen LogP contribution in [0.2, 0.25) is 0 Å². The van der Waals surface area contributed by atoms with Gasteiger partial charge >= 0.3 is 0 Å². The van der Waals surface area contributed by atoms with Crippen LogP contribution in [-0.2, 0) is 9.53 Å². The second-order valence-electron chi connectivity index (χ2n) is 7.52. The number of carbonyl (C=O) groups is 2. The van der Waals surface area contributed by atoms with Crippen LogP contribution in [0.25, 0.3) is 0 Å². The average molecular weight is 395 g/mol. The molecule has 0 radical (unpaired) electrons. The molecule has 0 aromatic heterocycles. The molecule has 154 valence electrons. The highest BCUT2D eigenvalue weighted by Gasteiger charge is 2.23. The van der Waals surface area contributed by atoms with Gasteiger partial charge in [-0.15, -0.1) is 0 Å². The first-order valence-corrected chi connectivity index (χ1v) is 10.4. The highest BCUT2D eigenvalue weighted by Crippen LogP contribution is 2.22. The predicted octanol–water partition coefficient (Wildman–Crippen LogP) is 3.54. The first-order chi connectivity index (χ1) is 14.1. The summed E-state index contributed by atoms with van der Waals surface area (Å²) >= 11 is 0. The fraction of sp³-hybridized carbons (Fsp3) is 0.417. The van der Waals surface area contributed by atoms with Gasteiger partial charge in [-0.05, 0) is 18.9 Å². The quantitative estimate of drug-likeness (QED) is 0.661. The Morgan fingerprint density at radius 1 is 1.00 bits per heavy atom. The van der Waals surface area contributed by atoms with Gasteiger partial charge in [0.15, 0.2) is 5.78 Å². The fourth-order valence-corrected chi connectivity index (χ4v) is 3.61. The van der Waals surface area contributed by atoms with E-state index in [4.69, 9.17) is 4.74 Å². The van der Waals surface area contributed by atoms with Crippen LogP contribution in [0.1, 0.15) is 46.8 Å². The van der Waals surface area contributed by atoms with Gasteiger partial charge in [0.2, 0.25) is 5.91 Å². The summed E-state index contributed by atoms with van der Waals surface area (Å²) in [5.41, 5.74) is 3.14. The van der Waals surface area contributed by atoms with E-state index in [2.05, 4.69) is 41.4 Å². The monoisotopic (exact) mass is 394 g/mol. The normalized spacial score (nSPS) is 15.6. The predicted molar refractivity (Wildman–Crippen MR) is 114 cm³/mol. The largest absolute Gasteiger partial charge is 0.379 e. The Hall–Kier alpha value is -2.50. The minimum atomic E-state index is -0.00349. The van der Waals surface area contributed by atoms with Gasteiger partial charge in [0.05, 0.1) is 19.3 Å². The third kappa shape index (κ3) is 6.51. The lowest BCUT2D eigenvalue weighted by molar-refractivity contribution is -0.121. The number of hydrogen-bond donors (Lipinski definition) is 1. The number of hydrogen-bond acceptors (Lipinski definition) is 4. The molecule has 2 aromatic rings. The molecule has 1 N–H and O–H groups in total. The lowest BCUT2D eigenvalue weighted by Gasteiger charge is -2.35. The van der Waals surface area contributed by atoms with Crippen LogP contribution in [0.5, 0.6) is 0 Å². The molecule has 1 unspecified atom stereocenters. The Balaban J connectivity index is 1.49. The van der Waals surface area contributed by atoms with E-state index in [0.29, 0.717) is 31.4 Å². The number of ketones is 1. The molecular weight excluding hydrogens is 364 g/mol. The van der Waals surface area contributed by atoms with E-state index in [-0.39, 0.29) is 17.7 Å². The number of nitrogens with zero attached hydrogens (tertiary/aromatic N) is 1. The van der Waals surface area contributed by atoms with Crippen molar-refractivity contribution in [2.75, 3.05) is 32.8 Å². The molecule has 1 aliphatic heterocycles. The fourth-order valence-electron chi connectivity index (χ4n) is 3.61. The number of nitrogens with one attached hydrogen (secondary N) is 1. The highest BCUT2D eigenvalue weighted by molar-refractivity contribution is 5.96. The second kappa shape index (κ2) is 10.9. The van der Waals surface area contributed by atoms with Crippen molar-refractivity contribution in [1.82, 2.24) is 10.2 Å². The van der Waals surface area contributed by atoms with Gasteiger partial charge < -0.3 is 10.1 Å². The second-order valence-corrected chi connectivity index (χ2v) is 7.52. The van der Waals surface area contributed by atoms with Gasteiger partial charge in [0, 0.05) is 38.0 Å². The molecule has 1 heterocycles. The van der Waals surface area contributed by atoms with E-state index >= 15 is 0 Å². The Kier molecular flexibility index (Phi) is 7.96. The average Bonchev–Trinajstić information content (AvgIpc) is 2.76. The SMILES string of the molecule is Cc1ccc(C(CNC(=O)CCCC(=O)c2ccccc2)N2CCOCC2)cc1. The van der Waals surface area contributed by atoms with Crippen LogP contribution in [0, 0.1) is 6.92 Å². The molecule has 5 nitrogen and oxygen atoms in total. The van der Waals surface area contributed by atoms with Crippen molar-refractivity contribution in [2.45, 2.75) is 32.2 Å². The van der Waals surface area contributed by atoms with Gasteiger partial charge in [-0.25, -0.2) is 0 Å². The molecule has 2 aromatic carbocycles. The van der Waals surface area contributed by atoms with E-state index in [9.17, 15) is 9.59 Å². The van der Waals surface area contributed by atoms with Gasteiger partial charge in [-0.1, -0.05) is 60.2 Å². The van der Waals surface area contributed by atoms with Crippen LogP contribution in [0.3, 0.4) is 0 Å². The molecule has 1 atom stereocenters. The Labute approximate surface area is 173 Å². The summed E-state index contributed by atoms with van der Waals surface area (Å²) in [7, 11) is 0. The van der Waals surface area contributed by atoms with Crippen LogP contribution < -0.4 is 5.32 Å². The zero-order valence-corrected chi connectivity index (χ0v) is 17.1. The van der Waals surface area contributed by atoms with Crippen molar-refractivity contribution >= 4 is 11.7 Å². The third-order valence-corrected chi connectivity index (χ3v) is 5.34. The molecule has 1 saturated heterocycles. The number of ether oxygens (including phenoxy) is 1. The maximum atomic E-state index is 12.4. The molecule has 5 heteroatoms. The van der Waals surface area contributed by atoms with Crippen molar-refractivity contribution in [3.8, 4) is 0 Å². The van der Waals surface area contributed by atoms with Gasteiger partial charge in [0.1, 0.15) is 0 Å². The summed E-state index contributed by atoms with van der Waals surface area (Å²) in [6.07, 6.45) is 1.32. The summed E-state index contributed by atoms with van der Waals surface area (Å²) in [5.74, 6) is 0.0838. The first kappa shape index (κ1) is 21.2. The zero-order chi connectivity index (χ0) is 20.5. The van der Waals surface area contributed by atoms with E-state index in [1.807, 2.05) is 30.3 Å². The maximum absolute atomic E-state index is 12.4. The molecule has 29 heavy (non-hydrogen) atoms. The Bertz CT molecular complexity index is 784. The van der Waals surface area contributed by atoms with Crippen molar-refractivity contribution in [3.05, 3.63) is 71.3 Å². The van der Waals surface area contributed by atoms with E-state index in [1.165, 1.54) is 11.1 Å². The van der Waals surface area contributed by atoms with Crippen molar-refractivity contribution in [1.29, 1.82) is 0 Å². The minimum absolute atomic E-state index is 0.00349. The molecular formula is C24H30N2O3. The summed E-state index contributed by atoms with van der Waals surface area (Å²) in [6.45, 7) is 5.80. The first-order valence-electron chi connectivity index (χ1n) is 10.4. The van der Waals surface area contributed by atoms with Crippen LogP contribution in [-0.4, -0.2) is 49.4 Å². The number of amides is 1. The van der Waals surface area contributed by atoms with Crippen molar-refractivity contribution < 1.29 is 14.3 Å². The minimum Gasteiger partial charge on any atom is -0.379 e. The van der Waals surface area contributed by atoms with Crippen molar-refractivity contribution in [2.24, 2.45) is 0 Å². The smallest absolute Gasteiger partial charge is 0.220 e. The maximum Gasteiger partial charge on any atom is 0.220 e. The van der Waals surface area contributed by atoms with Crippen LogP contribution in [0.4, 0.5) is 0 Å². The number of Topliss-reactive ketones (excluding diaryl/α,β-unsaturated/α-hetero) is 1. The Morgan fingerprint density at radius 2 is 1.69 bits per heavy atom. The molecule has 0 aliphatic carbocycles. The highest BCUT2D eigenvalue weighted by atomic mass is 16.5. The standard InChI is InChI=1S/C24H30N2O3/c1-19-10-12-20(13-11-19)22(26-14-16-29-17-15-26)18-25-24(28)9-5-8-23(27)21-6-3-2-4-7-21/h2-4,6-7,10-13,22H,5,8-9,14-18H2,1H3,(H,25,28). The molecule has 0 spiro atoms. The lowest BCUT2D eigenvalue weighted by Crippen LogP contribution is -2.43. The Morgan fingerprint density at radius 3 is 2.38 bits per heavy atom. The summed E-state index contributed by atoms with van der Waals surface area (Å²) < 4.78 is 5.48. The number of carbonyl (C=O) groups excluding carboxylic acids is 2. The molecule has 1 amide bonds. The molecule has 3 rings (SSSR count). The van der Waals surface area contributed by atoms with E-state index in [1.54, 1.807) is 0 Å². The van der Waals surface area contributed by atoms with Crippen LogP contribution in [0.15, 0.2) is 54.6 Å². The third-order valence-electron chi connectivity index (χ3n) is 5.34. The summed E-state index contributed by atoms with van der Waals surface area (Å²) in [6, 6.07) is 17.9. The number of morpholine rings is 1.